The highest BCUT2D eigenvalue weighted by atomic mass is 15.1. The number of hydrogen-bond acceptors (Lipinski definition) is 2. The van der Waals surface area contributed by atoms with E-state index in [1.807, 2.05) is 0 Å². The van der Waals surface area contributed by atoms with Gasteiger partial charge in [0.15, 0.2) is 0 Å². The second-order valence-electron chi connectivity index (χ2n) is 5.05. The van der Waals surface area contributed by atoms with Crippen molar-refractivity contribution in [1.29, 1.82) is 0 Å². The summed E-state index contributed by atoms with van der Waals surface area (Å²) in [6.07, 6.45) is 6.45. The van der Waals surface area contributed by atoms with Crippen LogP contribution in [0.15, 0.2) is 18.2 Å². The normalized spacial score (nSPS) is 16.9. The van der Waals surface area contributed by atoms with Gasteiger partial charge in [0.05, 0.1) is 0 Å². The molecule has 1 aliphatic heterocycles. The minimum absolute atomic E-state index is 0.740. The average molecular weight is 232 g/mol. The molecule has 0 aromatic heterocycles. The van der Waals surface area contributed by atoms with Gasteiger partial charge in [-0.3, -0.25) is 0 Å². The summed E-state index contributed by atoms with van der Waals surface area (Å²) in [6.45, 7) is 5.38. The molecule has 0 amide bonds. The van der Waals surface area contributed by atoms with Gasteiger partial charge in [-0.15, -0.1) is 0 Å². The monoisotopic (exact) mass is 232 g/mol. The van der Waals surface area contributed by atoms with Crippen molar-refractivity contribution in [3.05, 3.63) is 29.3 Å². The summed E-state index contributed by atoms with van der Waals surface area (Å²) in [5.74, 6) is 0. The van der Waals surface area contributed by atoms with Crippen molar-refractivity contribution in [2.45, 2.75) is 39.0 Å². The minimum atomic E-state index is 0.740. The standard InChI is InChI=1S/C15H24N2/c1-13-12-15(7-6-14(13)8-9-16)17-10-4-2-3-5-11-17/h6-7,12H,2-5,8-11,16H2,1H3. The number of nitrogens with two attached hydrogens (primary N) is 1. The number of benzene rings is 1. The van der Waals surface area contributed by atoms with Crippen molar-refractivity contribution >= 4 is 5.69 Å². The zero-order valence-corrected chi connectivity index (χ0v) is 10.9. The maximum absolute atomic E-state index is 5.62. The third-order valence-corrected chi connectivity index (χ3v) is 3.71. The van der Waals surface area contributed by atoms with Crippen LogP contribution in [0.5, 0.6) is 0 Å². The molecule has 2 heteroatoms. The lowest BCUT2D eigenvalue weighted by Crippen LogP contribution is -2.23. The number of aryl methyl sites for hydroxylation is 1. The smallest absolute Gasteiger partial charge is 0.0369 e. The Morgan fingerprint density at radius 3 is 2.41 bits per heavy atom. The van der Waals surface area contributed by atoms with Gasteiger partial charge >= 0.3 is 0 Å². The predicted octanol–water partition coefficient (Wildman–Crippen LogP) is 2.88. The van der Waals surface area contributed by atoms with Gasteiger partial charge in [0.1, 0.15) is 0 Å². The molecule has 0 radical (unpaired) electrons. The fourth-order valence-corrected chi connectivity index (χ4v) is 2.64. The first kappa shape index (κ1) is 12.4. The van der Waals surface area contributed by atoms with Gasteiger partial charge < -0.3 is 10.6 Å². The van der Waals surface area contributed by atoms with Gasteiger partial charge in [0.25, 0.3) is 0 Å². The SMILES string of the molecule is Cc1cc(N2CCCCCC2)ccc1CCN. The van der Waals surface area contributed by atoms with Gasteiger partial charge in [0.2, 0.25) is 0 Å². The molecule has 2 nitrogen and oxygen atoms in total. The molecule has 0 atom stereocenters. The lowest BCUT2D eigenvalue weighted by molar-refractivity contribution is 0.726. The van der Waals surface area contributed by atoms with E-state index in [1.165, 1.54) is 55.6 Å². The molecule has 94 valence electrons. The fourth-order valence-electron chi connectivity index (χ4n) is 2.64. The third kappa shape index (κ3) is 3.22. The van der Waals surface area contributed by atoms with Crippen LogP contribution in [0, 0.1) is 6.92 Å². The molecule has 0 spiro atoms. The summed E-state index contributed by atoms with van der Waals surface area (Å²) in [5.41, 5.74) is 9.80. The van der Waals surface area contributed by atoms with E-state index in [2.05, 4.69) is 30.0 Å². The second-order valence-corrected chi connectivity index (χ2v) is 5.05. The lowest BCUT2D eigenvalue weighted by Gasteiger charge is -2.23. The first-order valence-electron chi connectivity index (χ1n) is 6.86. The first-order valence-corrected chi connectivity index (χ1v) is 6.86. The Hall–Kier alpha value is -1.02. The van der Waals surface area contributed by atoms with Gasteiger partial charge in [-0.2, -0.15) is 0 Å². The Bertz CT molecular complexity index is 352. The van der Waals surface area contributed by atoms with E-state index in [1.54, 1.807) is 0 Å². The maximum Gasteiger partial charge on any atom is 0.0369 e. The van der Waals surface area contributed by atoms with Gasteiger partial charge in [-0.1, -0.05) is 18.9 Å². The van der Waals surface area contributed by atoms with E-state index in [4.69, 9.17) is 5.73 Å². The molecule has 0 unspecified atom stereocenters. The van der Waals surface area contributed by atoms with Crippen LogP contribution in [0.1, 0.15) is 36.8 Å². The zero-order valence-electron chi connectivity index (χ0n) is 10.9. The summed E-state index contributed by atoms with van der Waals surface area (Å²) < 4.78 is 0. The molecule has 0 aliphatic carbocycles. The number of anilines is 1. The van der Waals surface area contributed by atoms with Crippen LogP contribution in [0.3, 0.4) is 0 Å². The summed E-state index contributed by atoms with van der Waals surface area (Å²) in [5, 5.41) is 0. The van der Waals surface area contributed by atoms with Crippen molar-refractivity contribution in [3.63, 3.8) is 0 Å². The van der Waals surface area contributed by atoms with Crippen LogP contribution in [0.2, 0.25) is 0 Å². The molecule has 1 heterocycles. The van der Waals surface area contributed by atoms with Crippen LogP contribution in [0.4, 0.5) is 5.69 Å². The van der Waals surface area contributed by atoms with Crippen LogP contribution in [0.25, 0.3) is 0 Å². The van der Waals surface area contributed by atoms with Gasteiger partial charge in [-0.25, -0.2) is 0 Å². The summed E-state index contributed by atoms with van der Waals surface area (Å²) >= 11 is 0. The van der Waals surface area contributed by atoms with Crippen molar-refractivity contribution < 1.29 is 0 Å². The van der Waals surface area contributed by atoms with E-state index >= 15 is 0 Å². The molecule has 1 fully saturated rings. The van der Waals surface area contributed by atoms with E-state index in [0.29, 0.717) is 0 Å². The molecule has 0 saturated carbocycles. The topological polar surface area (TPSA) is 29.3 Å². The molecule has 1 saturated heterocycles. The van der Waals surface area contributed by atoms with E-state index < -0.39 is 0 Å². The Morgan fingerprint density at radius 2 is 1.82 bits per heavy atom. The molecular formula is C15H24N2. The predicted molar refractivity (Wildman–Crippen MR) is 74.6 cm³/mol. The highest BCUT2D eigenvalue weighted by Crippen LogP contribution is 2.22. The molecular weight excluding hydrogens is 208 g/mol. The minimum Gasteiger partial charge on any atom is -0.372 e. The van der Waals surface area contributed by atoms with Crippen molar-refractivity contribution in [2.75, 3.05) is 24.5 Å². The van der Waals surface area contributed by atoms with E-state index in [0.717, 1.165) is 13.0 Å². The largest absolute Gasteiger partial charge is 0.372 e. The number of nitrogens with zero attached hydrogens (tertiary/aromatic N) is 1. The summed E-state index contributed by atoms with van der Waals surface area (Å²) in [7, 11) is 0. The molecule has 17 heavy (non-hydrogen) atoms. The summed E-state index contributed by atoms with van der Waals surface area (Å²) in [6, 6.07) is 6.85. The van der Waals surface area contributed by atoms with Crippen molar-refractivity contribution in [3.8, 4) is 0 Å². The van der Waals surface area contributed by atoms with Crippen LogP contribution in [-0.2, 0) is 6.42 Å². The molecule has 0 bridgehead atoms. The lowest BCUT2D eigenvalue weighted by atomic mass is 10.0. The van der Waals surface area contributed by atoms with Gasteiger partial charge in [-0.05, 0) is 56.0 Å². The Kier molecular flexibility index (Phi) is 4.43. The van der Waals surface area contributed by atoms with Gasteiger partial charge in [0, 0.05) is 18.8 Å². The number of rotatable bonds is 3. The molecule has 1 aromatic carbocycles. The van der Waals surface area contributed by atoms with E-state index in [-0.39, 0.29) is 0 Å². The second kappa shape index (κ2) is 6.06. The first-order chi connectivity index (χ1) is 8.31. The highest BCUT2D eigenvalue weighted by Gasteiger charge is 2.10. The van der Waals surface area contributed by atoms with Crippen LogP contribution in [-0.4, -0.2) is 19.6 Å². The zero-order chi connectivity index (χ0) is 12.1. The Labute approximate surface area is 105 Å². The fraction of sp³-hybridized carbons (Fsp3) is 0.600. The maximum atomic E-state index is 5.62. The third-order valence-electron chi connectivity index (χ3n) is 3.71. The molecule has 1 aliphatic rings. The molecule has 2 rings (SSSR count). The van der Waals surface area contributed by atoms with Crippen molar-refractivity contribution in [1.82, 2.24) is 0 Å². The van der Waals surface area contributed by atoms with Crippen LogP contribution < -0.4 is 10.6 Å². The highest BCUT2D eigenvalue weighted by molar-refractivity contribution is 5.51. The Morgan fingerprint density at radius 1 is 1.12 bits per heavy atom. The Balaban J connectivity index is 2.12. The van der Waals surface area contributed by atoms with Crippen LogP contribution >= 0.6 is 0 Å². The molecule has 2 N–H and O–H groups in total. The number of hydrogen-bond donors (Lipinski definition) is 1. The van der Waals surface area contributed by atoms with Crippen molar-refractivity contribution in [2.24, 2.45) is 5.73 Å². The average Bonchev–Trinajstić information content (AvgIpc) is 2.60. The quantitative estimate of drug-likeness (QED) is 0.868. The van der Waals surface area contributed by atoms with E-state index in [9.17, 15) is 0 Å². The summed E-state index contributed by atoms with van der Waals surface area (Å²) in [4.78, 5) is 2.53. The molecule has 1 aromatic rings.